The van der Waals surface area contributed by atoms with Gasteiger partial charge in [-0.1, -0.05) is 30.3 Å². The van der Waals surface area contributed by atoms with Gasteiger partial charge in [0.1, 0.15) is 0 Å². The van der Waals surface area contributed by atoms with E-state index >= 15 is 0 Å². The van der Waals surface area contributed by atoms with Crippen LogP contribution in [-0.2, 0) is 20.2 Å². The predicted molar refractivity (Wildman–Crippen MR) is 111 cm³/mol. The number of hydrogen-bond acceptors (Lipinski definition) is 4. The molecule has 0 saturated heterocycles. The third-order valence-electron chi connectivity index (χ3n) is 4.92. The van der Waals surface area contributed by atoms with Crippen molar-refractivity contribution in [3.8, 4) is 0 Å². The molecule has 28 heavy (non-hydrogen) atoms. The molecule has 6 nitrogen and oxygen atoms in total. The molecule has 1 fully saturated rings. The summed E-state index contributed by atoms with van der Waals surface area (Å²) in [6.45, 7) is 0.950. The van der Waals surface area contributed by atoms with Gasteiger partial charge in [0, 0.05) is 30.1 Å². The molecule has 1 amide bonds. The highest BCUT2D eigenvalue weighted by atomic mass is 79.9. The fourth-order valence-electron chi connectivity index (χ4n) is 3.06. The lowest BCUT2D eigenvalue weighted by Crippen LogP contribution is -2.33. The quantitative estimate of drug-likeness (QED) is 0.556. The molecule has 0 aromatic heterocycles. The van der Waals surface area contributed by atoms with E-state index in [4.69, 9.17) is 4.74 Å². The number of hydrogen-bond donors (Lipinski definition) is 2. The Morgan fingerprint density at radius 2 is 1.89 bits per heavy atom. The summed E-state index contributed by atoms with van der Waals surface area (Å²) in [5.74, 6) is -0.303. The largest absolute Gasteiger partial charge is 0.383 e. The highest BCUT2D eigenvalue weighted by Gasteiger charge is 2.44. The van der Waals surface area contributed by atoms with Crippen molar-refractivity contribution in [1.29, 1.82) is 0 Å². The number of carbonyl (C=O) groups excluding carboxylic acids is 1. The minimum Gasteiger partial charge on any atom is -0.383 e. The Morgan fingerprint density at radius 3 is 2.54 bits per heavy atom. The van der Waals surface area contributed by atoms with Crippen molar-refractivity contribution >= 4 is 31.9 Å². The molecule has 0 unspecified atom stereocenters. The van der Waals surface area contributed by atoms with Gasteiger partial charge >= 0.3 is 0 Å². The van der Waals surface area contributed by atoms with Crippen LogP contribution in [-0.4, -0.2) is 41.1 Å². The molecule has 0 radical (unpaired) electrons. The van der Waals surface area contributed by atoms with Crippen LogP contribution in [0.1, 0.15) is 28.8 Å². The van der Waals surface area contributed by atoms with Crippen LogP contribution in [0.15, 0.2) is 57.9 Å². The van der Waals surface area contributed by atoms with Crippen LogP contribution in [0.25, 0.3) is 0 Å². The van der Waals surface area contributed by atoms with Crippen LogP contribution in [0.5, 0.6) is 0 Å². The van der Waals surface area contributed by atoms with Gasteiger partial charge in [-0.2, -0.15) is 0 Å². The van der Waals surface area contributed by atoms with Crippen molar-refractivity contribution in [3.63, 3.8) is 0 Å². The Balaban J connectivity index is 1.72. The summed E-state index contributed by atoms with van der Waals surface area (Å²) in [4.78, 5) is 12.8. The first-order valence-corrected chi connectivity index (χ1v) is 11.3. The number of benzene rings is 2. The SMILES string of the molecule is COCCNS(=O)(=O)c1ccc(Br)c(C(=O)NCC2(c3ccccc3)CC2)c1. The number of amides is 1. The normalized spacial score (nSPS) is 15.2. The average molecular weight is 467 g/mol. The van der Waals surface area contributed by atoms with E-state index in [0.29, 0.717) is 16.6 Å². The molecule has 8 heteroatoms. The predicted octanol–water partition coefficient (Wildman–Crippen LogP) is 2.84. The summed E-state index contributed by atoms with van der Waals surface area (Å²) in [7, 11) is -2.21. The lowest BCUT2D eigenvalue weighted by atomic mass is 9.96. The van der Waals surface area contributed by atoms with E-state index in [1.165, 1.54) is 24.8 Å². The monoisotopic (exact) mass is 466 g/mol. The van der Waals surface area contributed by atoms with Gasteiger partial charge in [-0.15, -0.1) is 0 Å². The third-order valence-corrected chi connectivity index (χ3v) is 7.07. The van der Waals surface area contributed by atoms with Crippen molar-refractivity contribution in [2.75, 3.05) is 26.8 Å². The molecule has 0 bridgehead atoms. The fraction of sp³-hybridized carbons (Fsp3) is 0.350. The van der Waals surface area contributed by atoms with Crippen LogP contribution in [0.4, 0.5) is 0 Å². The first-order chi connectivity index (χ1) is 13.4. The first kappa shape index (κ1) is 21.0. The highest BCUT2D eigenvalue weighted by molar-refractivity contribution is 9.10. The maximum absolute atomic E-state index is 12.7. The molecule has 1 saturated carbocycles. The van der Waals surface area contributed by atoms with Gasteiger partial charge in [0.15, 0.2) is 0 Å². The number of ether oxygens (including phenoxy) is 1. The molecule has 0 spiro atoms. The molecular weight excluding hydrogens is 444 g/mol. The summed E-state index contributed by atoms with van der Waals surface area (Å²) in [6, 6.07) is 14.5. The lowest BCUT2D eigenvalue weighted by Gasteiger charge is -2.17. The third kappa shape index (κ3) is 4.81. The Kier molecular flexibility index (Phi) is 6.54. The van der Waals surface area contributed by atoms with Crippen molar-refractivity contribution in [3.05, 3.63) is 64.1 Å². The molecule has 0 heterocycles. The number of halogens is 1. The van der Waals surface area contributed by atoms with Crippen LogP contribution < -0.4 is 10.0 Å². The summed E-state index contributed by atoms with van der Waals surface area (Å²) in [5.41, 5.74) is 1.49. The molecule has 150 valence electrons. The number of methoxy groups -OCH3 is 1. The van der Waals surface area contributed by atoms with Crippen molar-refractivity contribution in [2.45, 2.75) is 23.2 Å². The fourth-order valence-corrected chi connectivity index (χ4v) is 4.53. The molecule has 1 aliphatic rings. The van der Waals surface area contributed by atoms with E-state index in [9.17, 15) is 13.2 Å². The molecule has 3 rings (SSSR count). The second-order valence-corrected chi connectivity index (χ2v) is 9.48. The Labute approximate surface area is 173 Å². The number of sulfonamides is 1. The van der Waals surface area contributed by atoms with Gasteiger partial charge in [-0.3, -0.25) is 4.79 Å². The maximum atomic E-state index is 12.7. The molecule has 2 N–H and O–H groups in total. The van der Waals surface area contributed by atoms with E-state index < -0.39 is 10.0 Å². The van der Waals surface area contributed by atoms with Crippen LogP contribution >= 0.6 is 15.9 Å². The Morgan fingerprint density at radius 1 is 1.18 bits per heavy atom. The van der Waals surface area contributed by atoms with Crippen molar-refractivity contribution < 1.29 is 17.9 Å². The number of nitrogens with one attached hydrogen (secondary N) is 2. The summed E-state index contributed by atoms with van der Waals surface area (Å²) in [5, 5.41) is 2.97. The molecule has 0 aliphatic heterocycles. The van der Waals surface area contributed by atoms with Gasteiger partial charge in [0.2, 0.25) is 10.0 Å². The highest BCUT2D eigenvalue weighted by Crippen LogP contribution is 2.47. The average Bonchev–Trinajstić information content (AvgIpc) is 3.48. The van der Waals surface area contributed by atoms with E-state index in [-0.39, 0.29) is 29.4 Å². The zero-order chi connectivity index (χ0) is 20.2. The standard InChI is InChI=1S/C20H23BrN2O4S/c1-27-12-11-23-28(25,26)16-7-8-18(21)17(13-16)19(24)22-14-20(9-10-20)15-5-3-2-4-6-15/h2-8,13,23H,9-12,14H2,1H3,(H,22,24). The van der Waals surface area contributed by atoms with Gasteiger partial charge < -0.3 is 10.1 Å². The Bertz CT molecular complexity index is 944. The minimum absolute atomic E-state index is 0.0191. The molecule has 0 atom stereocenters. The smallest absolute Gasteiger partial charge is 0.252 e. The Hall–Kier alpha value is -1.74. The van der Waals surface area contributed by atoms with Gasteiger partial charge in [0.25, 0.3) is 5.91 Å². The van der Waals surface area contributed by atoms with Gasteiger partial charge in [-0.05, 0) is 52.5 Å². The van der Waals surface area contributed by atoms with Crippen LogP contribution in [0, 0.1) is 0 Å². The second-order valence-electron chi connectivity index (χ2n) is 6.86. The summed E-state index contributed by atoms with van der Waals surface area (Å²) in [6.07, 6.45) is 2.05. The number of carbonyl (C=O) groups is 1. The minimum atomic E-state index is -3.71. The molecular formula is C20H23BrN2O4S. The lowest BCUT2D eigenvalue weighted by molar-refractivity contribution is 0.0948. The van der Waals surface area contributed by atoms with E-state index in [2.05, 4.69) is 38.1 Å². The van der Waals surface area contributed by atoms with E-state index in [1.54, 1.807) is 6.07 Å². The van der Waals surface area contributed by atoms with Crippen LogP contribution in [0.2, 0.25) is 0 Å². The van der Waals surface area contributed by atoms with Crippen molar-refractivity contribution in [2.24, 2.45) is 0 Å². The van der Waals surface area contributed by atoms with Crippen LogP contribution in [0.3, 0.4) is 0 Å². The zero-order valence-electron chi connectivity index (χ0n) is 15.6. The zero-order valence-corrected chi connectivity index (χ0v) is 18.0. The van der Waals surface area contributed by atoms with Gasteiger partial charge in [0.05, 0.1) is 17.1 Å². The van der Waals surface area contributed by atoms with E-state index in [0.717, 1.165) is 12.8 Å². The molecule has 2 aromatic carbocycles. The molecule has 2 aromatic rings. The second kappa shape index (κ2) is 8.73. The molecule has 1 aliphatic carbocycles. The topological polar surface area (TPSA) is 84.5 Å². The summed E-state index contributed by atoms with van der Waals surface area (Å²) < 4.78 is 32.6. The maximum Gasteiger partial charge on any atom is 0.252 e. The first-order valence-electron chi connectivity index (χ1n) is 9.00. The van der Waals surface area contributed by atoms with Gasteiger partial charge in [-0.25, -0.2) is 13.1 Å². The van der Waals surface area contributed by atoms with Crippen molar-refractivity contribution in [1.82, 2.24) is 10.0 Å². The number of rotatable bonds is 9. The van der Waals surface area contributed by atoms with E-state index in [1.807, 2.05) is 18.2 Å². The summed E-state index contributed by atoms with van der Waals surface area (Å²) >= 11 is 3.35.